The summed E-state index contributed by atoms with van der Waals surface area (Å²) >= 11 is 3.62. The third-order valence-electron chi connectivity index (χ3n) is 4.17. The molecule has 2 rings (SSSR count). The zero-order chi connectivity index (χ0) is 13.7. The Balaban J connectivity index is 1.96. The number of likely N-dealkylation sites (tertiary alicyclic amines) is 1. The van der Waals surface area contributed by atoms with Gasteiger partial charge >= 0.3 is 0 Å². The predicted molar refractivity (Wildman–Crippen MR) is 86.1 cm³/mol. The first kappa shape index (κ1) is 14.9. The lowest BCUT2D eigenvalue weighted by Crippen LogP contribution is -2.25. The van der Waals surface area contributed by atoms with Crippen molar-refractivity contribution in [3.05, 3.63) is 28.2 Å². The van der Waals surface area contributed by atoms with Crippen LogP contribution in [0.4, 0.5) is 5.69 Å². The number of hydrogen-bond acceptors (Lipinski definition) is 2. The van der Waals surface area contributed by atoms with Crippen LogP contribution in [0.3, 0.4) is 0 Å². The lowest BCUT2D eigenvalue weighted by atomic mass is 9.96. The molecule has 0 aromatic heterocycles. The van der Waals surface area contributed by atoms with Gasteiger partial charge in [-0.3, -0.25) is 4.90 Å². The summed E-state index contributed by atoms with van der Waals surface area (Å²) in [6.07, 6.45) is 6.79. The highest BCUT2D eigenvalue weighted by Crippen LogP contribution is 2.27. The van der Waals surface area contributed by atoms with Crippen molar-refractivity contribution in [2.24, 2.45) is 5.92 Å². The first-order valence-corrected chi connectivity index (χ1v) is 8.25. The van der Waals surface area contributed by atoms with E-state index in [1.165, 1.54) is 50.8 Å². The summed E-state index contributed by atoms with van der Waals surface area (Å²) in [5, 5.41) is 0. The first-order chi connectivity index (χ1) is 9.20. The molecule has 2 N–H and O–H groups in total. The topological polar surface area (TPSA) is 29.3 Å². The van der Waals surface area contributed by atoms with Crippen molar-refractivity contribution < 1.29 is 0 Å². The van der Waals surface area contributed by atoms with Crippen LogP contribution in [0.5, 0.6) is 0 Å². The van der Waals surface area contributed by atoms with Crippen LogP contribution in [0, 0.1) is 5.92 Å². The molecule has 0 spiro atoms. The molecule has 0 bridgehead atoms. The number of halogens is 1. The number of benzene rings is 1. The van der Waals surface area contributed by atoms with Gasteiger partial charge in [0.05, 0.1) is 0 Å². The normalized spacial score (nSPS) is 21.3. The molecule has 1 aromatic rings. The highest BCUT2D eigenvalue weighted by atomic mass is 79.9. The summed E-state index contributed by atoms with van der Waals surface area (Å²) in [7, 11) is 0. The van der Waals surface area contributed by atoms with E-state index in [2.05, 4.69) is 33.8 Å². The van der Waals surface area contributed by atoms with Crippen molar-refractivity contribution in [1.29, 1.82) is 0 Å². The van der Waals surface area contributed by atoms with Crippen LogP contribution >= 0.6 is 15.9 Å². The van der Waals surface area contributed by atoms with Crippen LogP contribution in [0.1, 0.15) is 44.6 Å². The molecular formula is C16H25BrN2. The highest BCUT2D eigenvalue weighted by Gasteiger charge is 2.17. The van der Waals surface area contributed by atoms with Crippen molar-refractivity contribution >= 4 is 21.6 Å². The highest BCUT2D eigenvalue weighted by molar-refractivity contribution is 9.10. The zero-order valence-corrected chi connectivity index (χ0v) is 13.5. The number of nitrogens with two attached hydrogens (primary N) is 1. The largest absolute Gasteiger partial charge is 0.398 e. The van der Waals surface area contributed by atoms with Crippen LogP contribution in [0.25, 0.3) is 0 Å². The zero-order valence-electron chi connectivity index (χ0n) is 11.9. The molecule has 1 aromatic carbocycles. The van der Waals surface area contributed by atoms with Gasteiger partial charge in [0.25, 0.3) is 0 Å². The minimum Gasteiger partial charge on any atom is -0.398 e. The van der Waals surface area contributed by atoms with Gasteiger partial charge in [0, 0.05) is 22.3 Å². The molecule has 19 heavy (non-hydrogen) atoms. The van der Waals surface area contributed by atoms with Crippen LogP contribution in [0.2, 0.25) is 0 Å². The van der Waals surface area contributed by atoms with Crippen LogP contribution in [-0.4, -0.2) is 18.0 Å². The summed E-state index contributed by atoms with van der Waals surface area (Å²) in [4.78, 5) is 2.56. The molecule has 1 aliphatic rings. The summed E-state index contributed by atoms with van der Waals surface area (Å²) in [6, 6.07) is 6.09. The molecule has 1 fully saturated rings. The average Bonchev–Trinajstić information content (AvgIpc) is 2.60. The monoisotopic (exact) mass is 324 g/mol. The molecule has 2 nitrogen and oxygen atoms in total. The van der Waals surface area contributed by atoms with Gasteiger partial charge in [-0.1, -0.05) is 41.8 Å². The number of nitrogen functional groups attached to an aromatic ring is 1. The summed E-state index contributed by atoms with van der Waals surface area (Å²) in [6.45, 7) is 5.70. The minimum atomic E-state index is 0.906. The van der Waals surface area contributed by atoms with E-state index in [9.17, 15) is 0 Å². The van der Waals surface area contributed by atoms with Crippen LogP contribution < -0.4 is 5.73 Å². The standard InChI is InChI=1S/C16H25BrN2/c1-2-5-13-6-4-10-19(11-9-13)12-14-15(17)7-3-8-16(14)18/h3,7-8,13H,2,4-6,9-12,18H2,1H3. The van der Waals surface area contributed by atoms with E-state index in [0.717, 1.165) is 22.6 Å². The SMILES string of the molecule is CCCC1CCCN(Cc2c(N)cccc2Br)CC1. The molecule has 0 amide bonds. The van der Waals surface area contributed by atoms with E-state index < -0.39 is 0 Å². The Kier molecular flexibility index (Phi) is 5.71. The maximum absolute atomic E-state index is 6.10. The van der Waals surface area contributed by atoms with E-state index in [4.69, 9.17) is 5.73 Å². The average molecular weight is 325 g/mol. The van der Waals surface area contributed by atoms with Crippen LogP contribution in [0.15, 0.2) is 22.7 Å². The molecule has 106 valence electrons. The Morgan fingerprint density at radius 1 is 1.32 bits per heavy atom. The molecule has 1 heterocycles. The quantitative estimate of drug-likeness (QED) is 0.830. The molecular weight excluding hydrogens is 300 g/mol. The van der Waals surface area contributed by atoms with Gasteiger partial charge < -0.3 is 5.73 Å². The van der Waals surface area contributed by atoms with Gasteiger partial charge in [0.1, 0.15) is 0 Å². The summed E-state index contributed by atoms with van der Waals surface area (Å²) < 4.78 is 1.14. The maximum Gasteiger partial charge on any atom is 0.0371 e. The fourth-order valence-electron chi connectivity index (χ4n) is 3.05. The molecule has 1 atom stereocenters. The number of rotatable bonds is 4. The van der Waals surface area contributed by atoms with E-state index in [0.29, 0.717) is 0 Å². The first-order valence-electron chi connectivity index (χ1n) is 7.46. The van der Waals surface area contributed by atoms with E-state index in [-0.39, 0.29) is 0 Å². The Bertz CT molecular complexity index is 385. The Morgan fingerprint density at radius 3 is 2.89 bits per heavy atom. The lowest BCUT2D eigenvalue weighted by molar-refractivity contribution is 0.271. The van der Waals surface area contributed by atoms with Gasteiger partial charge in [-0.2, -0.15) is 0 Å². The van der Waals surface area contributed by atoms with Gasteiger partial charge in [-0.25, -0.2) is 0 Å². The second-order valence-electron chi connectivity index (χ2n) is 5.67. The van der Waals surface area contributed by atoms with Crippen molar-refractivity contribution in [2.75, 3.05) is 18.8 Å². The summed E-state index contributed by atoms with van der Waals surface area (Å²) in [5.74, 6) is 0.937. The molecule has 1 saturated heterocycles. The molecule has 0 aliphatic carbocycles. The van der Waals surface area contributed by atoms with Crippen molar-refractivity contribution in [1.82, 2.24) is 4.90 Å². The predicted octanol–water partition coefficient (Wildman–Crippen LogP) is 4.43. The summed E-state index contributed by atoms with van der Waals surface area (Å²) in [5.41, 5.74) is 8.25. The second kappa shape index (κ2) is 7.30. The third-order valence-corrected chi connectivity index (χ3v) is 4.92. The van der Waals surface area contributed by atoms with Crippen molar-refractivity contribution in [3.63, 3.8) is 0 Å². The van der Waals surface area contributed by atoms with Crippen molar-refractivity contribution in [3.8, 4) is 0 Å². The molecule has 1 unspecified atom stereocenters. The smallest absolute Gasteiger partial charge is 0.0371 e. The number of hydrogen-bond donors (Lipinski definition) is 1. The Hall–Kier alpha value is -0.540. The number of nitrogens with zero attached hydrogens (tertiary/aromatic N) is 1. The van der Waals surface area contributed by atoms with Gasteiger partial charge in [-0.05, 0) is 50.4 Å². The van der Waals surface area contributed by atoms with Gasteiger partial charge in [0.2, 0.25) is 0 Å². The molecule has 1 aliphatic heterocycles. The van der Waals surface area contributed by atoms with Crippen LogP contribution in [-0.2, 0) is 6.54 Å². The Morgan fingerprint density at radius 2 is 2.16 bits per heavy atom. The van der Waals surface area contributed by atoms with E-state index in [1.54, 1.807) is 0 Å². The maximum atomic E-state index is 6.10. The van der Waals surface area contributed by atoms with Gasteiger partial charge in [-0.15, -0.1) is 0 Å². The molecule has 0 saturated carbocycles. The van der Waals surface area contributed by atoms with Gasteiger partial charge in [0.15, 0.2) is 0 Å². The minimum absolute atomic E-state index is 0.906. The third kappa shape index (κ3) is 4.22. The Labute approximate surface area is 125 Å². The van der Waals surface area contributed by atoms with E-state index >= 15 is 0 Å². The fourth-order valence-corrected chi connectivity index (χ4v) is 3.55. The molecule has 3 heteroatoms. The van der Waals surface area contributed by atoms with Crippen molar-refractivity contribution in [2.45, 2.75) is 45.6 Å². The number of anilines is 1. The van der Waals surface area contributed by atoms with E-state index in [1.807, 2.05) is 12.1 Å². The molecule has 0 radical (unpaired) electrons. The second-order valence-corrected chi connectivity index (χ2v) is 6.52. The fraction of sp³-hybridized carbons (Fsp3) is 0.625. The lowest BCUT2D eigenvalue weighted by Gasteiger charge is -2.22.